The van der Waals surface area contributed by atoms with Crippen LogP contribution in [0, 0.1) is 5.92 Å². The van der Waals surface area contributed by atoms with Gasteiger partial charge >= 0.3 is 12.5 Å². The maximum Gasteiger partial charge on any atom is 0.573 e. The molecule has 1 saturated carbocycles. The molecule has 5 nitrogen and oxygen atoms in total. The van der Waals surface area contributed by atoms with Crippen molar-refractivity contribution in [1.82, 2.24) is 0 Å². The number of benzene rings is 1. The number of rotatable bonds is 4. The first kappa shape index (κ1) is 17.4. The molecule has 1 aliphatic rings. The maximum atomic E-state index is 12.0. The van der Waals surface area contributed by atoms with E-state index in [1.807, 2.05) is 0 Å². The highest BCUT2D eigenvalue weighted by Crippen LogP contribution is 2.25. The number of nitrogens with two attached hydrogens (primary N) is 1. The van der Waals surface area contributed by atoms with Gasteiger partial charge < -0.3 is 15.2 Å². The first-order valence-electron chi connectivity index (χ1n) is 7.37. The number of anilines is 1. The van der Waals surface area contributed by atoms with Crippen LogP contribution in [0.15, 0.2) is 24.3 Å². The Morgan fingerprint density at radius 2 is 1.78 bits per heavy atom. The molecule has 0 atom stereocenters. The van der Waals surface area contributed by atoms with E-state index in [1.165, 1.54) is 12.1 Å². The number of alkyl halides is 3. The predicted molar refractivity (Wildman–Crippen MR) is 78.0 cm³/mol. The highest BCUT2D eigenvalue weighted by molar-refractivity contribution is 5.84. The molecule has 0 saturated heterocycles. The van der Waals surface area contributed by atoms with Crippen molar-refractivity contribution >= 4 is 11.8 Å². The molecular weight excluding hydrogens is 313 g/mol. The van der Waals surface area contributed by atoms with Crippen LogP contribution in [0.1, 0.15) is 25.7 Å². The molecule has 0 aromatic heterocycles. The maximum absolute atomic E-state index is 12.0. The van der Waals surface area contributed by atoms with E-state index in [2.05, 4.69) is 10.1 Å². The number of hydrogen-bond acceptors (Lipinski definition) is 4. The summed E-state index contributed by atoms with van der Waals surface area (Å²) in [6.45, 7) is 0.313. The van der Waals surface area contributed by atoms with Gasteiger partial charge in [-0.25, -0.2) is 4.79 Å². The average molecular weight is 332 g/mol. The molecule has 23 heavy (non-hydrogen) atoms. The van der Waals surface area contributed by atoms with Crippen molar-refractivity contribution in [1.29, 1.82) is 0 Å². The van der Waals surface area contributed by atoms with Crippen molar-refractivity contribution in [2.45, 2.75) is 38.1 Å². The molecule has 0 unspecified atom stereocenters. The molecule has 0 aliphatic heterocycles. The van der Waals surface area contributed by atoms with Crippen molar-refractivity contribution in [3.05, 3.63) is 24.3 Å². The van der Waals surface area contributed by atoms with E-state index in [-0.39, 0.29) is 11.8 Å². The van der Waals surface area contributed by atoms with Crippen LogP contribution in [0.25, 0.3) is 0 Å². The normalized spacial score (nSPS) is 21.6. The van der Waals surface area contributed by atoms with E-state index in [4.69, 9.17) is 10.5 Å². The Morgan fingerprint density at radius 1 is 1.17 bits per heavy atom. The lowest BCUT2D eigenvalue weighted by molar-refractivity contribution is -0.274. The summed E-state index contributed by atoms with van der Waals surface area (Å²) in [5.41, 5.74) is 6.13. The number of nitrogens with one attached hydrogen (secondary N) is 1. The molecule has 1 amide bonds. The van der Waals surface area contributed by atoms with Crippen LogP contribution in [0.3, 0.4) is 0 Å². The van der Waals surface area contributed by atoms with E-state index in [0.717, 1.165) is 37.8 Å². The summed E-state index contributed by atoms with van der Waals surface area (Å²) in [6.07, 6.45) is -1.66. The second-order valence-electron chi connectivity index (χ2n) is 5.58. The van der Waals surface area contributed by atoms with Crippen LogP contribution in [0.5, 0.6) is 5.75 Å². The topological polar surface area (TPSA) is 73.6 Å². The Hall–Kier alpha value is -1.96. The summed E-state index contributed by atoms with van der Waals surface area (Å²) in [5.74, 6) is -0.0435. The number of carbonyl (C=O) groups is 1. The van der Waals surface area contributed by atoms with Crippen LogP contribution in [-0.4, -0.2) is 25.1 Å². The molecule has 1 aliphatic carbocycles. The summed E-state index contributed by atoms with van der Waals surface area (Å²) in [7, 11) is 0. The van der Waals surface area contributed by atoms with Crippen LogP contribution in [0.4, 0.5) is 23.7 Å². The summed E-state index contributed by atoms with van der Waals surface area (Å²) >= 11 is 0. The van der Waals surface area contributed by atoms with Gasteiger partial charge in [0, 0.05) is 11.7 Å². The van der Waals surface area contributed by atoms with E-state index in [0.29, 0.717) is 18.2 Å². The van der Waals surface area contributed by atoms with Gasteiger partial charge in [0.1, 0.15) is 5.75 Å². The third kappa shape index (κ3) is 6.35. The van der Waals surface area contributed by atoms with Gasteiger partial charge in [0.15, 0.2) is 0 Å². The second kappa shape index (κ2) is 7.54. The van der Waals surface area contributed by atoms with Gasteiger partial charge in [0.25, 0.3) is 0 Å². The molecule has 1 fully saturated rings. The highest BCUT2D eigenvalue weighted by atomic mass is 19.4. The zero-order valence-corrected chi connectivity index (χ0v) is 12.4. The Labute approximate surface area is 131 Å². The van der Waals surface area contributed by atoms with Crippen molar-refractivity contribution in [3.63, 3.8) is 0 Å². The quantitative estimate of drug-likeness (QED) is 0.883. The SMILES string of the molecule is NC1CCC(COC(=O)Nc2ccc(OC(F)(F)F)cc2)CC1. The zero-order chi connectivity index (χ0) is 16.9. The van der Waals surface area contributed by atoms with Crippen LogP contribution >= 0.6 is 0 Å². The van der Waals surface area contributed by atoms with Crippen molar-refractivity contribution < 1.29 is 27.4 Å². The molecule has 128 valence electrons. The second-order valence-corrected chi connectivity index (χ2v) is 5.58. The molecule has 1 aromatic rings. The molecule has 0 heterocycles. The molecule has 8 heteroatoms. The van der Waals surface area contributed by atoms with Gasteiger partial charge in [-0.2, -0.15) is 0 Å². The first-order chi connectivity index (χ1) is 10.8. The fourth-order valence-corrected chi connectivity index (χ4v) is 2.44. The molecule has 0 bridgehead atoms. The lowest BCUT2D eigenvalue weighted by Gasteiger charge is -2.25. The standard InChI is InChI=1S/C15H19F3N2O3/c16-15(17,18)23-13-7-5-12(6-8-13)20-14(21)22-9-10-1-3-11(19)4-2-10/h5-8,10-11H,1-4,9,19H2,(H,20,21). The van der Waals surface area contributed by atoms with E-state index in [1.54, 1.807) is 0 Å². The fourth-order valence-electron chi connectivity index (χ4n) is 2.44. The minimum absolute atomic E-state index is 0.234. The summed E-state index contributed by atoms with van der Waals surface area (Å²) < 4.78 is 45.0. The molecule has 0 radical (unpaired) electrons. The van der Waals surface area contributed by atoms with Gasteiger partial charge in [-0.3, -0.25) is 5.32 Å². The van der Waals surface area contributed by atoms with Crippen LogP contribution < -0.4 is 15.8 Å². The molecule has 2 rings (SSSR count). The van der Waals surface area contributed by atoms with Crippen molar-refractivity contribution in [3.8, 4) is 5.75 Å². The Kier molecular flexibility index (Phi) is 5.70. The lowest BCUT2D eigenvalue weighted by atomic mass is 9.87. The lowest BCUT2D eigenvalue weighted by Crippen LogP contribution is -2.29. The van der Waals surface area contributed by atoms with Gasteiger partial charge in [0.2, 0.25) is 0 Å². The first-order valence-corrected chi connectivity index (χ1v) is 7.37. The number of hydrogen-bond donors (Lipinski definition) is 2. The van der Waals surface area contributed by atoms with Gasteiger partial charge in [-0.1, -0.05) is 0 Å². The van der Waals surface area contributed by atoms with Crippen molar-refractivity contribution in [2.24, 2.45) is 11.7 Å². The Morgan fingerprint density at radius 3 is 2.35 bits per heavy atom. The average Bonchev–Trinajstić information content (AvgIpc) is 2.47. The largest absolute Gasteiger partial charge is 0.573 e. The summed E-state index contributed by atoms with van der Waals surface area (Å²) in [6, 6.07) is 5.08. The van der Waals surface area contributed by atoms with E-state index in [9.17, 15) is 18.0 Å². The highest BCUT2D eigenvalue weighted by Gasteiger charge is 2.31. The van der Waals surface area contributed by atoms with Crippen LogP contribution in [0.2, 0.25) is 0 Å². The van der Waals surface area contributed by atoms with Crippen molar-refractivity contribution in [2.75, 3.05) is 11.9 Å². The van der Waals surface area contributed by atoms with Gasteiger partial charge in [-0.05, 0) is 55.9 Å². The minimum atomic E-state index is -4.74. The fraction of sp³-hybridized carbons (Fsp3) is 0.533. The van der Waals surface area contributed by atoms with E-state index >= 15 is 0 Å². The summed E-state index contributed by atoms with van der Waals surface area (Å²) in [4.78, 5) is 11.7. The number of ether oxygens (including phenoxy) is 2. The van der Waals surface area contributed by atoms with Gasteiger partial charge in [0.05, 0.1) is 6.61 Å². The third-order valence-electron chi connectivity index (χ3n) is 3.68. The Bertz CT molecular complexity index is 512. The zero-order valence-electron chi connectivity index (χ0n) is 12.4. The molecule has 1 aromatic carbocycles. The molecule has 0 spiro atoms. The molecule has 3 N–H and O–H groups in total. The monoisotopic (exact) mass is 332 g/mol. The van der Waals surface area contributed by atoms with Crippen LogP contribution in [-0.2, 0) is 4.74 Å². The predicted octanol–water partition coefficient (Wildman–Crippen LogP) is 3.65. The van der Waals surface area contributed by atoms with E-state index < -0.39 is 12.5 Å². The summed E-state index contributed by atoms with van der Waals surface area (Å²) in [5, 5.41) is 2.46. The third-order valence-corrected chi connectivity index (χ3v) is 3.68. The number of amides is 1. The number of halogens is 3. The Balaban J connectivity index is 1.74. The smallest absolute Gasteiger partial charge is 0.449 e. The molecular formula is C15H19F3N2O3. The van der Waals surface area contributed by atoms with Gasteiger partial charge in [-0.15, -0.1) is 13.2 Å². The minimum Gasteiger partial charge on any atom is -0.449 e. The number of carbonyl (C=O) groups excluding carboxylic acids is 1.